The molecule has 2 N–H and O–H groups in total. The van der Waals surface area contributed by atoms with Crippen molar-refractivity contribution in [3.8, 4) is 5.75 Å². The number of ether oxygens (including phenoxy) is 1. The van der Waals surface area contributed by atoms with Crippen LogP contribution in [-0.2, 0) is 4.79 Å². The Labute approximate surface area is 167 Å². The maximum absolute atomic E-state index is 12.5. The van der Waals surface area contributed by atoms with Crippen LogP contribution in [0.1, 0.15) is 28.4 Å². The first-order valence-electron chi connectivity index (χ1n) is 8.78. The molecule has 2 aromatic carbocycles. The normalized spacial score (nSPS) is 11.5. The van der Waals surface area contributed by atoms with Gasteiger partial charge in [-0.2, -0.15) is 0 Å². The van der Waals surface area contributed by atoms with Crippen LogP contribution in [0.15, 0.2) is 54.0 Å². The topological polar surface area (TPSA) is 80.3 Å². The van der Waals surface area contributed by atoms with Gasteiger partial charge in [-0.15, -0.1) is 11.3 Å². The number of thiazole rings is 1. The highest BCUT2D eigenvalue weighted by atomic mass is 32.1. The van der Waals surface area contributed by atoms with Crippen molar-refractivity contribution in [2.24, 2.45) is 0 Å². The molecule has 0 saturated carbocycles. The first kappa shape index (κ1) is 19.6. The average Bonchev–Trinajstić information content (AvgIpc) is 3.18. The van der Waals surface area contributed by atoms with Crippen LogP contribution in [0.3, 0.4) is 0 Å². The number of carbonyl (C=O) groups is 2. The van der Waals surface area contributed by atoms with Gasteiger partial charge < -0.3 is 10.1 Å². The Balaban J connectivity index is 1.63. The number of hydrogen-bond acceptors (Lipinski definition) is 5. The molecule has 2 amide bonds. The summed E-state index contributed by atoms with van der Waals surface area (Å²) in [6.45, 7) is 5.70. The van der Waals surface area contributed by atoms with E-state index in [1.807, 2.05) is 32.0 Å². The molecule has 144 valence electrons. The molecule has 0 aliphatic rings. The fourth-order valence-electron chi connectivity index (χ4n) is 2.48. The Morgan fingerprint density at radius 1 is 1.07 bits per heavy atom. The van der Waals surface area contributed by atoms with E-state index in [1.165, 1.54) is 11.3 Å². The molecule has 6 nitrogen and oxygen atoms in total. The zero-order valence-corrected chi connectivity index (χ0v) is 16.7. The number of anilines is 2. The van der Waals surface area contributed by atoms with E-state index in [0.29, 0.717) is 22.1 Å². The molecule has 1 heterocycles. The lowest BCUT2D eigenvalue weighted by Gasteiger charge is -2.16. The second kappa shape index (κ2) is 8.67. The van der Waals surface area contributed by atoms with Crippen molar-refractivity contribution in [1.29, 1.82) is 0 Å². The molecule has 0 bridgehead atoms. The Hall–Kier alpha value is -3.19. The lowest BCUT2D eigenvalue weighted by atomic mass is 10.1. The summed E-state index contributed by atoms with van der Waals surface area (Å²) in [5.41, 5.74) is 3.21. The van der Waals surface area contributed by atoms with Gasteiger partial charge >= 0.3 is 0 Å². The van der Waals surface area contributed by atoms with Crippen molar-refractivity contribution in [2.45, 2.75) is 26.9 Å². The number of amides is 2. The van der Waals surface area contributed by atoms with Gasteiger partial charge in [-0.1, -0.05) is 12.1 Å². The van der Waals surface area contributed by atoms with Crippen LogP contribution in [0, 0.1) is 13.8 Å². The Morgan fingerprint density at radius 2 is 1.89 bits per heavy atom. The van der Waals surface area contributed by atoms with Crippen LogP contribution in [0.5, 0.6) is 5.75 Å². The van der Waals surface area contributed by atoms with Crippen LogP contribution >= 0.6 is 11.3 Å². The third-order valence-corrected chi connectivity index (χ3v) is 4.89. The number of aromatic nitrogens is 1. The second-order valence-electron chi connectivity index (χ2n) is 6.37. The molecular formula is C21H21N3O3S. The van der Waals surface area contributed by atoms with Gasteiger partial charge in [0.25, 0.3) is 11.8 Å². The van der Waals surface area contributed by atoms with Gasteiger partial charge in [0.2, 0.25) is 0 Å². The minimum atomic E-state index is -0.685. The molecule has 28 heavy (non-hydrogen) atoms. The molecular weight excluding hydrogens is 374 g/mol. The van der Waals surface area contributed by atoms with Gasteiger partial charge in [-0.25, -0.2) is 4.98 Å². The van der Waals surface area contributed by atoms with Crippen LogP contribution in [0.2, 0.25) is 0 Å². The minimum Gasteiger partial charge on any atom is -0.481 e. The highest BCUT2D eigenvalue weighted by Gasteiger charge is 2.16. The highest BCUT2D eigenvalue weighted by molar-refractivity contribution is 7.13. The van der Waals surface area contributed by atoms with Gasteiger partial charge in [0.1, 0.15) is 5.75 Å². The minimum absolute atomic E-state index is 0.287. The fraction of sp³-hybridized carbons (Fsp3) is 0.190. The molecule has 0 spiro atoms. The molecule has 1 aromatic heterocycles. The summed E-state index contributed by atoms with van der Waals surface area (Å²) in [5.74, 6) is 0.0588. The summed E-state index contributed by atoms with van der Waals surface area (Å²) in [6, 6.07) is 12.4. The Morgan fingerprint density at radius 3 is 2.61 bits per heavy atom. The molecule has 1 unspecified atom stereocenters. The van der Waals surface area contributed by atoms with E-state index in [4.69, 9.17) is 4.74 Å². The number of nitrogens with one attached hydrogen (secondary N) is 2. The predicted molar refractivity (Wildman–Crippen MR) is 111 cm³/mol. The van der Waals surface area contributed by atoms with Crippen molar-refractivity contribution in [2.75, 3.05) is 10.6 Å². The fourth-order valence-corrected chi connectivity index (χ4v) is 3.01. The number of carbonyl (C=O) groups excluding carboxylic acids is 2. The lowest BCUT2D eigenvalue weighted by molar-refractivity contribution is -0.122. The van der Waals surface area contributed by atoms with E-state index < -0.39 is 6.10 Å². The molecule has 0 radical (unpaired) electrons. The third-order valence-electron chi connectivity index (χ3n) is 4.21. The van der Waals surface area contributed by atoms with Crippen molar-refractivity contribution in [1.82, 2.24) is 4.98 Å². The van der Waals surface area contributed by atoms with E-state index in [2.05, 4.69) is 15.6 Å². The van der Waals surface area contributed by atoms with Crippen molar-refractivity contribution < 1.29 is 14.3 Å². The monoisotopic (exact) mass is 395 g/mol. The molecule has 3 aromatic rings. The molecule has 3 rings (SSSR count). The van der Waals surface area contributed by atoms with Gasteiger partial charge in [0.15, 0.2) is 11.2 Å². The molecule has 0 aliphatic heterocycles. The third kappa shape index (κ3) is 4.95. The lowest BCUT2D eigenvalue weighted by Crippen LogP contribution is -2.30. The van der Waals surface area contributed by atoms with Crippen molar-refractivity contribution in [3.05, 3.63) is 70.7 Å². The van der Waals surface area contributed by atoms with E-state index in [-0.39, 0.29) is 11.8 Å². The van der Waals surface area contributed by atoms with Crippen LogP contribution in [0.4, 0.5) is 10.8 Å². The standard InChI is InChI=1S/C21H21N3O3S/c1-13-7-8-18(11-14(13)2)27-15(3)19(25)23-17-6-4-5-16(12-17)20(26)24-21-22-9-10-28-21/h4-12,15H,1-3H3,(H,23,25)(H,22,24,26). The van der Waals surface area contributed by atoms with E-state index in [0.717, 1.165) is 11.1 Å². The molecule has 1 atom stereocenters. The van der Waals surface area contributed by atoms with Crippen LogP contribution in [-0.4, -0.2) is 22.9 Å². The SMILES string of the molecule is Cc1ccc(OC(C)C(=O)Nc2cccc(C(=O)Nc3nccs3)c2)cc1C. The molecule has 0 saturated heterocycles. The summed E-state index contributed by atoms with van der Waals surface area (Å²) in [6.07, 6.45) is 0.934. The summed E-state index contributed by atoms with van der Waals surface area (Å²) in [4.78, 5) is 28.8. The Bertz CT molecular complexity index is 986. The number of aryl methyl sites for hydroxylation is 2. The molecule has 0 fully saturated rings. The zero-order valence-electron chi connectivity index (χ0n) is 15.9. The van der Waals surface area contributed by atoms with Gasteiger partial charge in [0, 0.05) is 22.8 Å². The first-order chi connectivity index (χ1) is 13.4. The molecule has 7 heteroatoms. The van der Waals surface area contributed by atoms with Gasteiger partial charge in [-0.05, 0) is 62.2 Å². The number of benzene rings is 2. The van der Waals surface area contributed by atoms with Gasteiger partial charge in [0.05, 0.1) is 0 Å². The highest BCUT2D eigenvalue weighted by Crippen LogP contribution is 2.19. The smallest absolute Gasteiger partial charge is 0.265 e. The summed E-state index contributed by atoms with van der Waals surface area (Å²) in [7, 11) is 0. The number of rotatable bonds is 6. The van der Waals surface area contributed by atoms with Crippen molar-refractivity contribution in [3.63, 3.8) is 0 Å². The predicted octanol–water partition coefficient (Wildman–Crippen LogP) is 4.42. The summed E-state index contributed by atoms with van der Waals surface area (Å²) < 4.78 is 5.73. The first-order valence-corrected chi connectivity index (χ1v) is 9.66. The van der Waals surface area contributed by atoms with E-state index in [9.17, 15) is 9.59 Å². The Kier molecular flexibility index (Phi) is 6.06. The largest absolute Gasteiger partial charge is 0.481 e. The number of hydrogen-bond donors (Lipinski definition) is 2. The number of nitrogens with zero attached hydrogens (tertiary/aromatic N) is 1. The van der Waals surface area contributed by atoms with Crippen molar-refractivity contribution >= 4 is 34.0 Å². The average molecular weight is 395 g/mol. The van der Waals surface area contributed by atoms with Gasteiger partial charge in [-0.3, -0.25) is 14.9 Å². The van der Waals surface area contributed by atoms with Crippen LogP contribution < -0.4 is 15.4 Å². The van der Waals surface area contributed by atoms with Crippen LogP contribution in [0.25, 0.3) is 0 Å². The quantitative estimate of drug-likeness (QED) is 0.647. The summed E-state index contributed by atoms with van der Waals surface area (Å²) >= 11 is 1.34. The maximum atomic E-state index is 12.5. The van der Waals surface area contributed by atoms with E-state index >= 15 is 0 Å². The second-order valence-corrected chi connectivity index (χ2v) is 7.26. The molecule has 0 aliphatic carbocycles. The summed E-state index contributed by atoms with van der Waals surface area (Å²) in [5, 5.41) is 7.80. The maximum Gasteiger partial charge on any atom is 0.265 e. The van der Waals surface area contributed by atoms with E-state index in [1.54, 1.807) is 42.8 Å². The zero-order chi connectivity index (χ0) is 20.1.